The molecule has 0 amide bonds. The summed E-state index contributed by atoms with van der Waals surface area (Å²) < 4.78 is 30.2. The first kappa shape index (κ1) is 37.1. The summed E-state index contributed by atoms with van der Waals surface area (Å²) in [6.45, 7) is 6.54. The second-order valence-corrected chi connectivity index (χ2v) is 12.7. The molecule has 0 unspecified atom stereocenters. The number of hydrogen-bond acceptors (Lipinski definition) is 4. The summed E-state index contributed by atoms with van der Waals surface area (Å²) in [6, 6.07) is 37.6. The van der Waals surface area contributed by atoms with Gasteiger partial charge in [0.25, 0.3) is 0 Å². The van der Waals surface area contributed by atoms with Crippen molar-refractivity contribution in [3.8, 4) is 0 Å². The minimum absolute atomic E-state index is 0. The van der Waals surface area contributed by atoms with Crippen LogP contribution in [-0.2, 0) is 29.5 Å². The van der Waals surface area contributed by atoms with Crippen LogP contribution in [0.2, 0.25) is 0 Å². The summed E-state index contributed by atoms with van der Waals surface area (Å²) >= 11 is 0. The van der Waals surface area contributed by atoms with Gasteiger partial charge in [0.05, 0.1) is 17.0 Å². The van der Waals surface area contributed by atoms with Gasteiger partial charge in [0.1, 0.15) is 0 Å². The number of rotatable bonds is 8. The van der Waals surface area contributed by atoms with Crippen LogP contribution in [0.15, 0.2) is 126 Å². The molecule has 0 aliphatic carbocycles. The van der Waals surface area contributed by atoms with Crippen LogP contribution in [-0.4, -0.2) is 22.5 Å². The van der Waals surface area contributed by atoms with Gasteiger partial charge in [-0.2, -0.15) is 0 Å². The molecule has 0 saturated carbocycles. The van der Waals surface area contributed by atoms with E-state index in [9.17, 15) is 8.42 Å². The SMILES string of the molecule is CN(C)c1cccc2c(S(=O)(=O)N[C@H](c3ccccc3)[C@H](N)c3ccccc3)cccc12.Cc1ccc(C(C)C)cc1.[Cl-].[Ru+]. The molecule has 0 aromatic heterocycles. The second kappa shape index (κ2) is 16.9. The summed E-state index contributed by atoms with van der Waals surface area (Å²) in [7, 11) is 0.00770. The Hall–Kier alpha value is -3.06. The maximum absolute atomic E-state index is 13.7. The maximum Gasteiger partial charge on any atom is 1.00 e. The molecule has 5 aromatic carbocycles. The van der Waals surface area contributed by atoms with Crippen LogP contribution in [0.3, 0.4) is 0 Å². The predicted molar refractivity (Wildman–Crippen MR) is 176 cm³/mol. The first-order valence-corrected chi connectivity index (χ1v) is 15.7. The molecule has 0 heterocycles. The van der Waals surface area contributed by atoms with Crippen molar-refractivity contribution in [1.29, 1.82) is 0 Å². The minimum atomic E-state index is -3.88. The number of nitrogens with zero attached hydrogens (tertiary/aromatic N) is 1. The number of halogens is 1. The quantitative estimate of drug-likeness (QED) is 0.228. The van der Waals surface area contributed by atoms with Gasteiger partial charge >= 0.3 is 19.5 Å². The Morgan fingerprint density at radius 3 is 1.73 bits per heavy atom. The molecule has 0 fully saturated rings. The number of hydrogen-bond donors (Lipinski definition) is 2. The molecule has 0 aliphatic rings. The number of nitrogens with two attached hydrogens (primary N) is 1. The van der Waals surface area contributed by atoms with Crippen LogP contribution >= 0.6 is 0 Å². The summed E-state index contributed by atoms with van der Waals surface area (Å²) in [5.41, 5.74) is 12.0. The zero-order valence-corrected chi connectivity index (χ0v) is 29.1. The smallest absolute Gasteiger partial charge is 1.00 e. The van der Waals surface area contributed by atoms with E-state index in [0.29, 0.717) is 11.3 Å². The van der Waals surface area contributed by atoms with E-state index >= 15 is 0 Å². The average molecular weight is 716 g/mol. The fourth-order valence-corrected chi connectivity index (χ4v) is 6.42. The molecule has 1 radical (unpaired) electrons. The Labute approximate surface area is 282 Å². The van der Waals surface area contributed by atoms with Gasteiger partial charge < -0.3 is 23.0 Å². The number of sulfonamides is 1. The molecule has 233 valence electrons. The Balaban J connectivity index is 0.000000482. The Morgan fingerprint density at radius 2 is 1.18 bits per heavy atom. The molecule has 44 heavy (non-hydrogen) atoms. The molecular formula is C36H41ClN3O2RuS. The first-order valence-electron chi connectivity index (χ1n) is 14.2. The molecule has 0 saturated heterocycles. The Kier molecular flexibility index (Phi) is 14.2. The van der Waals surface area contributed by atoms with Crippen molar-refractivity contribution >= 4 is 26.5 Å². The zero-order valence-electron chi connectivity index (χ0n) is 25.8. The van der Waals surface area contributed by atoms with Crippen LogP contribution in [0.4, 0.5) is 5.69 Å². The van der Waals surface area contributed by atoms with Crippen LogP contribution in [0.1, 0.15) is 54.1 Å². The topological polar surface area (TPSA) is 75.4 Å². The monoisotopic (exact) mass is 716 g/mol. The average Bonchev–Trinajstić information content (AvgIpc) is 3.00. The third-order valence-corrected chi connectivity index (χ3v) is 8.86. The third kappa shape index (κ3) is 9.23. The van der Waals surface area contributed by atoms with E-state index in [1.165, 1.54) is 11.1 Å². The van der Waals surface area contributed by atoms with Crippen molar-refractivity contribution < 1.29 is 40.3 Å². The number of fused-ring (bicyclic) bond motifs is 1. The number of nitrogens with one attached hydrogen (secondary N) is 1. The van der Waals surface area contributed by atoms with Gasteiger partial charge in [-0.1, -0.05) is 129 Å². The number of anilines is 1. The molecule has 5 nitrogen and oxygen atoms in total. The van der Waals surface area contributed by atoms with Crippen molar-refractivity contribution in [3.63, 3.8) is 0 Å². The molecule has 2 atom stereocenters. The molecule has 3 N–H and O–H groups in total. The largest absolute Gasteiger partial charge is 1.00 e. The normalized spacial score (nSPS) is 12.2. The zero-order chi connectivity index (χ0) is 30.3. The fourth-order valence-electron chi connectivity index (χ4n) is 4.95. The van der Waals surface area contributed by atoms with E-state index in [4.69, 9.17) is 5.73 Å². The van der Waals surface area contributed by atoms with E-state index in [2.05, 4.69) is 49.8 Å². The van der Waals surface area contributed by atoms with E-state index in [1.54, 1.807) is 12.1 Å². The molecule has 5 aromatic rings. The number of aryl methyl sites for hydroxylation is 1. The van der Waals surface area contributed by atoms with Crippen molar-refractivity contribution in [2.24, 2.45) is 5.73 Å². The molecule has 0 bridgehead atoms. The molecule has 0 spiro atoms. The molecule has 8 heteroatoms. The van der Waals surface area contributed by atoms with Crippen molar-refractivity contribution in [3.05, 3.63) is 144 Å². The number of benzene rings is 5. The van der Waals surface area contributed by atoms with Crippen LogP contribution in [0, 0.1) is 6.92 Å². The van der Waals surface area contributed by atoms with E-state index in [0.717, 1.165) is 22.2 Å². The van der Waals surface area contributed by atoms with E-state index < -0.39 is 22.1 Å². The summed E-state index contributed by atoms with van der Waals surface area (Å²) in [4.78, 5) is 2.21. The van der Waals surface area contributed by atoms with Crippen LogP contribution in [0.5, 0.6) is 0 Å². The molecular weight excluding hydrogens is 675 g/mol. The standard InChI is InChI=1S/C26H27N3O2S.C10H14.ClH.Ru/c1-29(2)23-17-9-16-22-21(23)15-10-18-24(22)32(30,31)28-26(20-13-7-4-8-14-20)25(27)19-11-5-3-6-12-19;1-8(2)10-6-4-9(3)5-7-10;;/h3-18,25-26,28H,27H2,1-2H3;4-8H,1-3H3;1H;/q;;;+1/p-1/t25-,26-;;;/m1.../s1. The van der Waals surface area contributed by atoms with Gasteiger partial charge in [-0.3, -0.25) is 0 Å². The first-order chi connectivity index (χ1) is 20.1. The van der Waals surface area contributed by atoms with Crippen molar-refractivity contribution in [2.45, 2.75) is 43.7 Å². The third-order valence-electron chi connectivity index (χ3n) is 7.36. The minimum Gasteiger partial charge on any atom is -1.00 e. The predicted octanol–water partition coefficient (Wildman–Crippen LogP) is 4.75. The van der Waals surface area contributed by atoms with Gasteiger partial charge in [0.2, 0.25) is 10.0 Å². The van der Waals surface area contributed by atoms with Gasteiger partial charge in [-0.15, -0.1) is 0 Å². The van der Waals surface area contributed by atoms with E-state index in [1.807, 2.05) is 104 Å². The van der Waals surface area contributed by atoms with Gasteiger partial charge in [0.15, 0.2) is 0 Å². The van der Waals surface area contributed by atoms with Gasteiger partial charge in [0, 0.05) is 30.6 Å². The van der Waals surface area contributed by atoms with Crippen molar-refractivity contribution in [2.75, 3.05) is 19.0 Å². The second-order valence-electron chi connectivity index (χ2n) is 11.0. The summed E-state index contributed by atoms with van der Waals surface area (Å²) in [5.74, 6) is 0.653. The summed E-state index contributed by atoms with van der Waals surface area (Å²) in [6.07, 6.45) is 0. The Morgan fingerprint density at radius 1 is 0.659 bits per heavy atom. The maximum atomic E-state index is 13.7. The van der Waals surface area contributed by atoms with Gasteiger partial charge in [-0.05, 0) is 41.7 Å². The fraction of sp³-hybridized carbons (Fsp3) is 0.222. The van der Waals surface area contributed by atoms with Crippen LogP contribution in [0.25, 0.3) is 10.8 Å². The van der Waals surface area contributed by atoms with Crippen LogP contribution < -0.4 is 27.8 Å². The van der Waals surface area contributed by atoms with Crippen molar-refractivity contribution in [1.82, 2.24) is 4.72 Å². The summed E-state index contributed by atoms with van der Waals surface area (Å²) in [5, 5.41) is 1.55. The Bertz CT molecular complexity index is 1700. The van der Waals surface area contributed by atoms with Gasteiger partial charge in [-0.25, -0.2) is 13.1 Å². The molecule has 5 rings (SSSR count). The molecule has 0 aliphatic heterocycles. The van der Waals surface area contributed by atoms with E-state index in [-0.39, 0.29) is 36.8 Å².